The Bertz CT molecular complexity index is 1460. The number of phenols is 1. The molecule has 0 saturated carbocycles. The van der Waals surface area contributed by atoms with Gasteiger partial charge in [0.2, 0.25) is 12.0 Å². The summed E-state index contributed by atoms with van der Waals surface area (Å²) in [5, 5.41) is 45.2. The van der Waals surface area contributed by atoms with E-state index in [2.05, 4.69) is 12.2 Å². The summed E-state index contributed by atoms with van der Waals surface area (Å²) < 4.78 is 29.0. The molecular formula is C32H41NO11. The van der Waals surface area contributed by atoms with E-state index in [4.69, 9.17) is 23.4 Å². The maximum Gasteiger partial charge on any atom is 0.252 e. The molecule has 5 unspecified atom stereocenters. The maximum atomic E-state index is 13.2. The standard InChI is InChI=1S/C32H41NO11/c1-4-7-14-40-19-11-9-18(10-12-19)21-16-20(34)24-22(42-21)17-23(29(25(24)35)41-15-8-5-2)43-32-28(38)26(36)27(37)30(44-32)31(39)33-13-6-3/h9-12,16-17,26-28,30,32,35-38H,4-8,13-15H2,1-3H3,(H,33,39). The number of carbonyl (C=O) groups is 1. The second-order valence-electron chi connectivity index (χ2n) is 10.6. The first-order chi connectivity index (χ1) is 21.2. The molecule has 1 aromatic heterocycles. The minimum absolute atomic E-state index is 0.0470. The fourth-order valence-electron chi connectivity index (χ4n) is 4.64. The fourth-order valence-corrected chi connectivity index (χ4v) is 4.64. The average molecular weight is 616 g/mol. The van der Waals surface area contributed by atoms with Crippen molar-refractivity contribution >= 4 is 16.9 Å². The normalized spacial score (nSPS) is 21.6. The van der Waals surface area contributed by atoms with Crippen LogP contribution < -0.4 is 25.0 Å². The van der Waals surface area contributed by atoms with Crippen molar-refractivity contribution in [1.82, 2.24) is 5.32 Å². The first kappa shape index (κ1) is 33.1. The van der Waals surface area contributed by atoms with Crippen LogP contribution >= 0.6 is 0 Å². The van der Waals surface area contributed by atoms with Gasteiger partial charge in [-0.2, -0.15) is 0 Å². The molecule has 12 heteroatoms. The Morgan fingerprint density at radius 3 is 2.25 bits per heavy atom. The highest BCUT2D eigenvalue weighted by molar-refractivity contribution is 5.89. The van der Waals surface area contributed by atoms with E-state index in [9.17, 15) is 30.0 Å². The van der Waals surface area contributed by atoms with Crippen LogP contribution in [0.15, 0.2) is 45.6 Å². The minimum Gasteiger partial charge on any atom is -0.504 e. The smallest absolute Gasteiger partial charge is 0.252 e. The number of fused-ring (bicyclic) bond motifs is 1. The SMILES string of the molecule is CCCCOc1ccc(-c2cc(=O)c3c(O)c(OCCCC)c(OC4OC(C(=O)NCCC)C(O)C(O)C4O)cc3o2)cc1. The van der Waals surface area contributed by atoms with Crippen molar-refractivity contribution in [2.45, 2.75) is 83.6 Å². The molecule has 240 valence electrons. The molecule has 0 radical (unpaired) electrons. The third-order valence-corrected chi connectivity index (χ3v) is 7.18. The molecule has 2 heterocycles. The van der Waals surface area contributed by atoms with Gasteiger partial charge < -0.3 is 49.1 Å². The molecule has 2 aromatic carbocycles. The molecule has 1 aliphatic rings. The van der Waals surface area contributed by atoms with Gasteiger partial charge in [0.1, 0.15) is 40.8 Å². The Morgan fingerprint density at radius 1 is 0.909 bits per heavy atom. The van der Waals surface area contributed by atoms with Crippen LogP contribution in [0.4, 0.5) is 0 Å². The monoisotopic (exact) mass is 615 g/mol. The highest BCUT2D eigenvalue weighted by Gasteiger charge is 2.48. The zero-order valence-corrected chi connectivity index (χ0v) is 25.2. The number of aromatic hydroxyl groups is 1. The summed E-state index contributed by atoms with van der Waals surface area (Å²) in [5.74, 6) is -0.733. The van der Waals surface area contributed by atoms with Crippen LogP contribution in [0.5, 0.6) is 23.0 Å². The van der Waals surface area contributed by atoms with Crippen molar-refractivity contribution in [3.63, 3.8) is 0 Å². The minimum atomic E-state index is -1.79. The van der Waals surface area contributed by atoms with Gasteiger partial charge in [-0.25, -0.2) is 0 Å². The van der Waals surface area contributed by atoms with Gasteiger partial charge in [-0.15, -0.1) is 0 Å². The maximum absolute atomic E-state index is 13.2. The van der Waals surface area contributed by atoms with Crippen LogP contribution in [0.25, 0.3) is 22.3 Å². The molecule has 1 aliphatic heterocycles. The number of phenolic OH excluding ortho intramolecular Hbond substituents is 1. The van der Waals surface area contributed by atoms with Crippen LogP contribution in [0.3, 0.4) is 0 Å². The van der Waals surface area contributed by atoms with Gasteiger partial charge in [0.05, 0.1) is 13.2 Å². The third kappa shape index (κ3) is 7.44. The summed E-state index contributed by atoms with van der Waals surface area (Å²) in [7, 11) is 0. The number of rotatable bonds is 14. The van der Waals surface area contributed by atoms with E-state index in [1.165, 1.54) is 12.1 Å². The number of aliphatic hydroxyl groups excluding tert-OH is 3. The molecule has 1 amide bonds. The van der Waals surface area contributed by atoms with E-state index in [1.54, 1.807) is 24.3 Å². The second-order valence-corrected chi connectivity index (χ2v) is 10.6. The predicted octanol–water partition coefficient (Wildman–Crippen LogP) is 3.24. The van der Waals surface area contributed by atoms with E-state index < -0.39 is 47.8 Å². The van der Waals surface area contributed by atoms with E-state index in [0.717, 1.165) is 19.3 Å². The van der Waals surface area contributed by atoms with Crippen LogP contribution in [0.2, 0.25) is 0 Å². The molecular weight excluding hydrogens is 574 g/mol. The Morgan fingerprint density at radius 2 is 1.59 bits per heavy atom. The number of aliphatic hydroxyl groups is 3. The predicted molar refractivity (Wildman–Crippen MR) is 161 cm³/mol. The van der Waals surface area contributed by atoms with Gasteiger partial charge >= 0.3 is 0 Å². The van der Waals surface area contributed by atoms with Gasteiger partial charge in [0, 0.05) is 24.2 Å². The van der Waals surface area contributed by atoms with Crippen molar-refractivity contribution < 1.29 is 48.6 Å². The topological polar surface area (TPSA) is 177 Å². The summed E-state index contributed by atoms with van der Waals surface area (Å²) in [6.07, 6.45) is -4.55. The van der Waals surface area contributed by atoms with Crippen molar-refractivity contribution in [1.29, 1.82) is 0 Å². The van der Waals surface area contributed by atoms with E-state index >= 15 is 0 Å². The molecule has 1 fully saturated rings. The van der Waals surface area contributed by atoms with Gasteiger partial charge in [-0.1, -0.05) is 33.6 Å². The molecule has 12 nitrogen and oxygen atoms in total. The number of amides is 1. The number of nitrogens with one attached hydrogen (secondary N) is 1. The zero-order valence-electron chi connectivity index (χ0n) is 25.2. The van der Waals surface area contributed by atoms with Crippen molar-refractivity contribution in [2.75, 3.05) is 19.8 Å². The van der Waals surface area contributed by atoms with Crippen LogP contribution in [-0.2, 0) is 9.53 Å². The Kier molecular flexibility index (Phi) is 11.5. The molecule has 5 atom stereocenters. The van der Waals surface area contributed by atoms with Gasteiger partial charge in [-0.3, -0.25) is 9.59 Å². The Hall–Kier alpha value is -3.84. The second kappa shape index (κ2) is 15.2. The van der Waals surface area contributed by atoms with Crippen LogP contribution in [0.1, 0.15) is 52.9 Å². The lowest BCUT2D eigenvalue weighted by Crippen LogP contribution is -2.62. The van der Waals surface area contributed by atoms with E-state index in [-0.39, 0.29) is 34.8 Å². The molecule has 0 spiro atoms. The molecule has 5 N–H and O–H groups in total. The van der Waals surface area contributed by atoms with E-state index in [0.29, 0.717) is 37.3 Å². The van der Waals surface area contributed by atoms with Crippen LogP contribution in [0, 0.1) is 0 Å². The summed E-state index contributed by atoms with van der Waals surface area (Å²) in [6.45, 7) is 6.93. The number of ether oxygens (including phenoxy) is 4. The number of unbranched alkanes of at least 4 members (excludes halogenated alkanes) is 2. The zero-order chi connectivity index (χ0) is 31.8. The lowest BCUT2D eigenvalue weighted by molar-refractivity contribution is -0.267. The Labute approximate surface area is 255 Å². The number of hydrogen-bond acceptors (Lipinski definition) is 11. The average Bonchev–Trinajstić information content (AvgIpc) is 3.01. The number of benzene rings is 2. The quantitative estimate of drug-likeness (QED) is 0.168. The highest BCUT2D eigenvalue weighted by Crippen LogP contribution is 2.44. The molecule has 44 heavy (non-hydrogen) atoms. The largest absolute Gasteiger partial charge is 0.504 e. The lowest BCUT2D eigenvalue weighted by Gasteiger charge is -2.39. The van der Waals surface area contributed by atoms with Gasteiger partial charge in [-0.05, 0) is 43.5 Å². The molecule has 0 bridgehead atoms. The van der Waals surface area contributed by atoms with Crippen molar-refractivity contribution in [3.8, 4) is 34.3 Å². The highest BCUT2D eigenvalue weighted by atomic mass is 16.7. The fraction of sp³-hybridized carbons (Fsp3) is 0.500. The molecule has 0 aliphatic carbocycles. The number of hydrogen-bond donors (Lipinski definition) is 5. The molecule has 3 aromatic rings. The first-order valence-corrected chi connectivity index (χ1v) is 15.0. The van der Waals surface area contributed by atoms with Crippen molar-refractivity contribution in [2.24, 2.45) is 0 Å². The van der Waals surface area contributed by atoms with Crippen molar-refractivity contribution in [3.05, 3.63) is 46.6 Å². The molecule has 4 rings (SSSR count). The van der Waals surface area contributed by atoms with Gasteiger partial charge in [0.25, 0.3) is 5.91 Å². The molecule has 1 saturated heterocycles. The summed E-state index contributed by atoms with van der Waals surface area (Å²) in [6, 6.07) is 9.59. The third-order valence-electron chi connectivity index (χ3n) is 7.18. The summed E-state index contributed by atoms with van der Waals surface area (Å²) in [4.78, 5) is 25.9. The summed E-state index contributed by atoms with van der Waals surface area (Å²) >= 11 is 0. The van der Waals surface area contributed by atoms with E-state index in [1.807, 2.05) is 13.8 Å². The summed E-state index contributed by atoms with van der Waals surface area (Å²) in [5.41, 5.74) is 0.00413. The lowest BCUT2D eigenvalue weighted by atomic mass is 9.98. The Balaban J connectivity index is 1.71. The van der Waals surface area contributed by atoms with Gasteiger partial charge in [0.15, 0.2) is 23.0 Å². The first-order valence-electron chi connectivity index (χ1n) is 15.0. The van der Waals surface area contributed by atoms with Crippen LogP contribution in [-0.4, -0.2) is 76.8 Å². The number of carbonyl (C=O) groups excluding carboxylic acids is 1.